The third-order valence-electron chi connectivity index (χ3n) is 3.65. The van der Waals surface area contributed by atoms with Crippen LogP contribution in [0, 0.1) is 10.1 Å². The van der Waals surface area contributed by atoms with Crippen LogP contribution in [-0.2, 0) is 4.79 Å². The highest BCUT2D eigenvalue weighted by atomic mass is 35.5. The Morgan fingerprint density at radius 2 is 2.12 bits per heavy atom. The van der Waals surface area contributed by atoms with Crippen molar-refractivity contribution in [1.82, 2.24) is 0 Å². The normalized spacial score (nSPS) is 17.2. The lowest BCUT2D eigenvalue weighted by Crippen LogP contribution is -2.27. The topological polar surface area (TPSA) is 72.7 Å². The van der Waals surface area contributed by atoms with E-state index in [1.807, 2.05) is 0 Å². The molecule has 3 rings (SSSR count). The van der Waals surface area contributed by atoms with Crippen LogP contribution >= 0.6 is 23.4 Å². The second-order valence-electron chi connectivity index (χ2n) is 5.10. The Hall–Kier alpha value is -2.25. The minimum absolute atomic E-state index is 0.000150. The number of carbonyl (C=O) groups excluding carboxylic acids is 1. The summed E-state index contributed by atoms with van der Waals surface area (Å²) in [7, 11) is 1.52. The van der Waals surface area contributed by atoms with Crippen LogP contribution < -0.4 is 9.64 Å². The van der Waals surface area contributed by atoms with Crippen molar-refractivity contribution in [1.29, 1.82) is 0 Å². The highest BCUT2D eigenvalue weighted by molar-refractivity contribution is 8.00. The molecule has 0 aliphatic carbocycles. The summed E-state index contributed by atoms with van der Waals surface area (Å²) in [6.45, 7) is 0. The number of methoxy groups -OCH3 is 1. The molecule has 0 N–H and O–H groups in total. The molecule has 0 saturated carbocycles. The lowest BCUT2D eigenvalue weighted by molar-refractivity contribution is -0.384. The maximum absolute atomic E-state index is 12.3. The van der Waals surface area contributed by atoms with Crippen LogP contribution in [-0.4, -0.2) is 23.7 Å². The molecule has 1 unspecified atom stereocenters. The summed E-state index contributed by atoms with van der Waals surface area (Å²) in [5.74, 6) is 0.751. The molecule has 24 heavy (non-hydrogen) atoms. The highest BCUT2D eigenvalue weighted by Gasteiger charge is 2.35. The molecule has 1 aliphatic rings. The molecule has 1 amide bonds. The van der Waals surface area contributed by atoms with Gasteiger partial charge in [0.25, 0.3) is 5.69 Å². The number of amides is 1. The van der Waals surface area contributed by atoms with Crippen molar-refractivity contribution < 1.29 is 14.5 Å². The van der Waals surface area contributed by atoms with Gasteiger partial charge in [-0.1, -0.05) is 23.7 Å². The highest BCUT2D eigenvalue weighted by Crippen LogP contribution is 2.43. The van der Waals surface area contributed by atoms with Gasteiger partial charge in [0.05, 0.1) is 22.8 Å². The summed E-state index contributed by atoms with van der Waals surface area (Å²) in [6.07, 6.45) is 0. The van der Waals surface area contributed by atoms with E-state index < -0.39 is 4.92 Å². The van der Waals surface area contributed by atoms with Gasteiger partial charge in [-0.15, -0.1) is 11.8 Å². The molecule has 1 atom stereocenters. The van der Waals surface area contributed by atoms with Gasteiger partial charge in [-0.3, -0.25) is 19.8 Å². The van der Waals surface area contributed by atoms with Crippen LogP contribution in [0.4, 0.5) is 11.4 Å². The van der Waals surface area contributed by atoms with Gasteiger partial charge >= 0.3 is 0 Å². The molecule has 0 bridgehead atoms. The predicted octanol–water partition coefficient (Wildman–Crippen LogP) is 4.04. The van der Waals surface area contributed by atoms with Crippen molar-refractivity contribution in [3.05, 3.63) is 63.2 Å². The van der Waals surface area contributed by atoms with Crippen LogP contribution in [0.25, 0.3) is 0 Å². The van der Waals surface area contributed by atoms with E-state index in [1.165, 1.54) is 31.0 Å². The molecular weight excluding hydrogens is 352 g/mol. The first-order valence-corrected chi connectivity index (χ1v) is 8.45. The van der Waals surface area contributed by atoms with Crippen LogP contribution in [0.15, 0.2) is 42.5 Å². The van der Waals surface area contributed by atoms with Crippen molar-refractivity contribution in [2.75, 3.05) is 17.8 Å². The van der Waals surface area contributed by atoms with Crippen molar-refractivity contribution in [2.45, 2.75) is 5.37 Å². The Kier molecular flexibility index (Phi) is 4.64. The molecule has 2 aromatic rings. The zero-order valence-corrected chi connectivity index (χ0v) is 14.2. The predicted molar refractivity (Wildman–Crippen MR) is 93.8 cm³/mol. The number of hydrogen-bond donors (Lipinski definition) is 0. The minimum Gasteiger partial charge on any atom is -0.495 e. The molecule has 124 valence electrons. The van der Waals surface area contributed by atoms with Gasteiger partial charge in [0, 0.05) is 17.8 Å². The van der Waals surface area contributed by atoms with Gasteiger partial charge in [0.1, 0.15) is 11.1 Å². The van der Waals surface area contributed by atoms with Gasteiger partial charge in [0.15, 0.2) is 0 Å². The van der Waals surface area contributed by atoms with Gasteiger partial charge < -0.3 is 4.74 Å². The van der Waals surface area contributed by atoms with Crippen molar-refractivity contribution in [3.63, 3.8) is 0 Å². The average Bonchev–Trinajstić information content (AvgIpc) is 2.96. The van der Waals surface area contributed by atoms with Crippen molar-refractivity contribution in [2.24, 2.45) is 0 Å². The maximum Gasteiger partial charge on any atom is 0.269 e. The van der Waals surface area contributed by atoms with E-state index in [0.29, 0.717) is 27.8 Å². The third kappa shape index (κ3) is 3.05. The maximum atomic E-state index is 12.3. The zero-order chi connectivity index (χ0) is 17.3. The number of hydrogen-bond acceptors (Lipinski definition) is 5. The summed E-state index contributed by atoms with van der Waals surface area (Å²) in [5.41, 5.74) is 1.33. The second-order valence-corrected chi connectivity index (χ2v) is 6.57. The Bertz CT molecular complexity index is 814. The van der Waals surface area contributed by atoms with Crippen LogP contribution in [0.1, 0.15) is 10.9 Å². The number of benzene rings is 2. The Balaban J connectivity index is 1.99. The molecule has 1 heterocycles. The Labute approximate surface area is 147 Å². The van der Waals surface area contributed by atoms with E-state index in [9.17, 15) is 14.9 Å². The molecule has 1 fully saturated rings. The summed E-state index contributed by atoms with van der Waals surface area (Å²) >= 11 is 7.58. The second kappa shape index (κ2) is 6.70. The quantitative estimate of drug-likeness (QED) is 0.604. The number of non-ortho nitro benzene ring substituents is 1. The minimum atomic E-state index is -0.445. The van der Waals surface area contributed by atoms with Gasteiger partial charge in [0.2, 0.25) is 5.91 Å². The zero-order valence-electron chi connectivity index (χ0n) is 12.6. The molecular formula is C16H13ClN2O4S. The molecule has 1 saturated heterocycles. The number of nitro groups is 1. The lowest BCUT2D eigenvalue weighted by Gasteiger charge is -2.24. The monoisotopic (exact) mass is 364 g/mol. The molecule has 6 nitrogen and oxygen atoms in total. The smallest absolute Gasteiger partial charge is 0.269 e. The number of anilines is 1. The first kappa shape index (κ1) is 16.6. The van der Waals surface area contributed by atoms with Crippen LogP contribution in [0.5, 0.6) is 5.75 Å². The largest absolute Gasteiger partial charge is 0.495 e. The number of nitrogens with zero attached hydrogens (tertiary/aromatic N) is 2. The first-order chi connectivity index (χ1) is 11.5. The van der Waals surface area contributed by atoms with Gasteiger partial charge in [-0.2, -0.15) is 0 Å². The number of thioether (sulfide) groups is 1. The number of carbonyl (C=O) groups is 1. The van der Waals surface area contributed by atoms with Crippen LogP contribution in [0.3, 0.4) is 0 Å². The van der Waals surface area contributed by atoms with E-state index >= 15 is 0 Å². The van der Waals surface area contributed by atoms with E-state index in [2.05, 4.69) is 0 Å². The standard InChI is InChI=1S/C16H13ClN2O4S/c1-23-14-6-5-11(8-13(14)17)18-15(20)9-24-16(18)10-3-2-4-12(7-10)19(21)22/h2-8,16H,9H2,1H3. The molecule has 1 aliphatic heterocycles. The van der Waals surface area contributed by atoms with Gasteiger partial charge in [-0.05, 0) is 23.8 Å². The summed E-state index contributed by atoms with van der Waals surface area (Å²) < 4.78 is 5.13. The van der Waals surface area contributed by atoms with Crippen LogP contribution in [0.2, 0.25) is 5.02 Å². The SMILES string of the molecule is COc1ccc(N2C(=O)CSC2c2cccc([N+](=O)[O-])c2)cc1Cl. The lowest BCUT2D eigenvalue weighted by atomic mass is 10.1. The van der Waals surface area contributed by atoms with Gasteiger partial charge in [-0.25, -0.2) is 0 Å². The number of rotatable bonds is 4. The molecule has 2 aromatic carbocycles. The van der Waals surface area contributed by atoms with E-state index in [-0.39, 0.29) is 17.0 Å². The Morgan fingerprint density at radius 1 is 1.33 bits per heavy atom. The fourth-order valence-electron chi connectivity index (χ4n) is 2.55. The van der Waals surface area contributed by atoms with E-state index in [0.717, 1.165) is 0 Å². The van der Waals surface area contributed by atoms with E-state index in [1.54, 1.807) is 35.2 Å². The third-order valence-corrected chi connectivity index (χ3v) is 5.16. The number of halogens is 1. The number of nitro benzene ring substituents is 1. The first-order valence-electron chi connectivity index (χ1n) is 7.03. The average molecular weight is 365 g/mol. The van der Waals surface area contributed by atoms with E-state index in [4.69, 9.17) is 16.3 Å². The fraction of sp³-hybridized carbons (Fsp3) is 0.188. The molecule has 8 heteroatoms. The summed E-state index contributed by atoms with van der Waals surface area (Å²) in [4.78, 5) is 24.5. The fourth-order valence-corrected chi connectivity index (χ4v) is 3.97. The van der Waals surface area contributed by atoms with Crippen molar-refractivity contribution >= 4 is 40.6 Å². The molecule has 0 aromatic heterocycles. The molecule has 0 radical (unpaired) electrons. The van der Waals surface area contributed by atoms with Crippen molar-refractivity contribution in [3.8, 4) is 5.75 Å². The summed E-state index contributed by atoms with van der Waals surface area (Å²) in [5, 5.41) is 11.1. The number of ether oxygens (including phenoxy) is 1. The molecule has 0 spiro atoms. The Morgan fingerprint density at radius 3 is 2.79 bits per heavy atom. The summed E-state index contributed by atoms with van der Waals surface area (Å²) in [6, 6.07) is 11.4.